The van der Waals surface area contributed by atoms with Crippen molar-refractivity contribution in [1.82, 2.24) is 20.2 Å². The molecular weight excluding hydrogens is 1060 g/mol. The van der Waals surface area contributed by atoms with Crippen molar-refractivity contribution in [2.24, 2.45) is 11.8 Å². The molecule has 0 radical (unpaired) electrons. The van der Waals surface area contributed by atoms with Crippen molar-refractivity contribution in [1.29, 1.82) is 0 Å². The molecule has 4 bridgehead atoms. The molecule has 4 heterocycles. The Balaban J connectivity index is 1.01. The van der Waals surface area contributed by atoms with Gasteiger partial charge in [-0.25, -0.2) is 19.2 Å². The summed E-state index contributed by atoms with van der Waals surface area (Å²) in [5, 5.41) is 14.9. The highest BCUT2D eigenvalue weighted by molar-refractivity contribution is 6.01. The van der Waals surface area contributed by atoms with Crippen LogP contribution in [0.4, 0.5) is 15.3 Å². The van der Waals surface area contributed by atoms with Crippen molar-refractivity contribution in [3.05, 3.63) is 59.2 Å². The maximum Gasteiger partial charge on any atom is 0.410 e. The molecule has 24 heteroatoms. The Bertz CT molecular complexity index is 2610. The molecule has 0 spiro atoms. The number of imide groups is 1. The number of esters is 2. The molecule has 11 atom stereocenters. The Kier molecular flexibility index (Phi) is 21.7. The average molecular weight is 1140 g/mol. The van der Waals surface area contributed by atoms with Crippen molar-refractivity contribution in [3.8, 4) is 5.75 Å². The first-order valence-corrected chi connectivity index (χ1v) is 27.4. The first-order valence-electron chi connectivity index (χ1n) is 27.4. The van der Waals surface area contributed by atoms with Crippen LogP contribution in [-0.2, 0) is 78.0 Å². The van der Waals surface area contributed by atoms with Gasteiger partial charge in [-0.2, -0.15) is 0 Å². The molecule has 5 aliphatic rings. The number of methoxy groups -OCH3 is 2. The predicted molar refractivity (Wildman–Crippen MR) is 287 cm³/mol. The zero-order valence-electron chi connectivity index (χ0n) is 48.2. The number of hydrogen-bond donors (Lipinski definition) is 2. The van der Waals surface area contributed by atoms with Crippen LogP contribution in [0.5, 0.6) is 5.75 Å². The highest BCUT2D eigenvalue weighted by Crippen LogP contribution is 2.49. The number of epoxide rings is 1. The van der Waals surface area contributed by atoms with E-state index in [1.54, 1.807) is 66.3 Å². The van der Waals surface area contributed by atoms with Crippen molar-refractivity contribution in [2.75, 3.05) is 60.0 Å². The maximum absolute atomic E-state index is 14.4. The number of allylic oxidation sites excluding steroid dienone is 3. The van der Waals surface area contributed by atoms with Gasteiger partial charge in [0.2, 0.25) is 11.8 Å². The van der Waals surface area contributed by atoms with Crippen LogP contribution >= 0.6 is 0 Å². The summed E-state index contributed by atoms with van der Waals surface area (Å²) >= 11 is 0. The number of rotatable bonds is 17. The van der Waals surface area contributed by atoms with Gasteiger partial charge in [0.05, 0.1) is 43.8 Å². The molecule has 3 fully saturated rings. The third-order valence-corrected chi connectivity index (χ3v) is 15.7. The summed E-state index contributed by atoms with van der Waals surface area (Å²) in [6, 6.07) is 2.59. The minimum atomic E-state index is -1.88. The number of nitrogens with one attached hydrogen (secondary N) is 1. The van der Waals surface area contributed by atoms with Crippen LogP contribution in [0.15, 0.2) is 48.1 Å². The molecule has 3 saturated heterocycles. The van der Waals surface area contributed by atoms with Crippen LogP contribution < -0.4 is 15.0 Å². The van der Waals surface area contributed by atoms with Gasteiger partial charge in [0.25, 0.3) is 11.8 Å². The van der Waals surface area contributed by atoms with E-state index < -0.39 is 120 Å². The third-order valence-electron chi connectivity index (χ3n) is 15.7. The number of nitrogens with zero attached hydrogens (tertiary/aromatic N) is 4. The highest BCUT2D eigenvalue weighted by Gasteiger charge is 2.64. The number of aliphatic hydroxyl groups is 1. The Labute approximate surface area is 472 Å². The number of hydrogen-bond acceptors (Lipinski definition) is 19. The molecule has 4 aliphatic heterocycles. The summed E-state index contributed by atoms with van der Waals surface area (Å²) in [6.45, 7) is 9.72. The van der Waals surface area contributed by atoms with Gasteiger partial charge < -0.3 is 62.5 Å². The molecule has 6 amide bonds. The van der Waals surface area contributed by atoms with Crippen LogP contribution in [0.25, 0.3) is 0 Å². The molecule has 1 aromatic rings. The van der Waals surface area contributed by atoms with Crippen molar-refractivity contribution < 1.29 is 91.0 Å². The van der Waals surface area contributed by atoms with Gasteiger partial charge in [-0.1, -0.05) is 43.7 Å². The molecule has 5 unspecified atom stereocenters. The number of carbonyl (C=O) groups excluding carboxylic acids is 9. The van der Waals surface area contributed by atoms with E-state index in [1.807, 2.05) is 32.1 Å². The molecule has 2 N–H and O–H groups in total. The Hall–Kier alpha value is -6.89. The molecular formula is C57H79N5O19. The topological polar surface area (TPSA) is 285 Å². The average Bonchev–Trinajstić information content (AvgIpc) is 4.03. The number of ether oxygens (including phenoxy) is 8. The van der Waals surface area contributed by atoms with Crippen LogP contribution in [0, 0.1) is 18.8 Å². The van der Waals surface area contributed by atoms with Gasteiger partial charge in [-0.15, -0.1) is 5.06 Å². The lowest BCUT2D eigenvalue weighted by atomic mass is 9.83. The molecule has 1 aliphatic carbocycles. The fourth-order valence-corrected chi connectivity index (χ4v) is 10.2. The van der Waals surface area contributed by atoms with Crippen molar-refractivity contribution in [3.63, 3.8) is 0 Å². The minimum absolute atomic E-state index is 0.0124. The van der Waals surface area contributed by atoms with Crippen LogP contribution in [-0.4, -0.2) is 183 Å². The van der Waals surface area contributed by atoms with Crippen molar-refractivity contribution in [2.45, 2.75) is 166 Å². The second-order valence-corrected chi connectivity index (χ2v) is 21.7. The number of fused-ring (bicyclic) bond motifs is 5. The first kappa shape index (κ1) is 63.3. The summed E-state index contributed by atoms with van der Waals surface area (Å²) in [6.07, 6.45) is 4.54. The smallest absolute Gasteiger partial charge is 0.410 e. The second-order valence-electron chi connectivity index (χ2n) is 21.7. The SMILES string of the molecule is COc1cc2cc(c1C)N(C)C(=O)C[C@H](OC(=O)[C@H](C)N(C)C(=O)CCOC(=O)C(C)CCN(C)C(=O)OC1/C=C/CC(OCC(=O)ON3C(=O)CCC3=O)CCC1)[C@]1(C)O[C@H]1[C@H](C)[C@@H]1CC(O)(NC(=O)O1)C(OC)/C=C/C=C(\C)C2. The minimum Gasteiger partial charge on any atom is -0.496 e. The van der Waals surface area contributed by atoms with Gasteiger partial charge in [0.15, 0.2) is 5.72 Å². The van der Waals surface area contributed by atoms with Crippen molar-refractivity contribution >= 4 is 59.4 Å². The molecule has 24 nitrogen and oxygen atoms in total. The fourth-order valence-electron chi connectivity index (χ4n) is 10.2. The molecule has 0 aromatic heterocycles. The van der Waals surface area contributed by atoms with E-state index in [-0.39, 0.29) is 57.8 Å². The number of anilines is 1. The lowest BCUT2D eigenvalue weighted by Gasteiger charge is -2.42. The number of benzene rings is 1. The molecule has 0 saturated carbocycles. The maximum atomic E-state index is 14.4. The molecule has 1 aromatic carbocycles. The highest BCUT2D eigenvalue weighted by atomic mass is 16.7. The lowest BCUT2D eigenvalue weighted by Crippen LogP contribution is -2.63. The number of amides is 6. The Morgan fingerprint density at radius 1 is 0.963 bits per heavy atom. The van der Waals surface area contributed by atoms with Crippen LogP contribution in [0.1, 0.15) is 110 Å². The molecule has 446 valence electrons. The van der Waals surface area contributed by atoms with Gasteiger partial charge in [0.1, 0.15) is 55.0 Å². The zero-order chi connectivity index (χ0) is 59.5. The van der Waals surface area contributed by atoms with Crippen LogP contribution in [0.3, 0.4) is 0 Å². The summed E-state index contributed by atoms with van der Waals surface area (Å²) in [5.74, 6) is -5.14. The van der Waals surface area contributed by atoms with E-state index in [9.17, 15) is 48.3 Å². The van der Waals surface area contributed by atoms with Gasteiger partial charge in [-0.05, 0) is 90.0 Å². The molecule has 81 heavy (non-hydrogen) atoms. The first-order chi connectivity index (χ1) is 38.3. The van der Waals surface area contributed by atoms with E-state index in [1.165, 1.54) is 30.9 Å². The predicted octanol–water partition coefficient (Wildman–Crippen LogP) is 4.69. The Morgan fingerprint density at radius 3 is 2.37 bits per heavy atom. The number of likely N-dealkylation sites (N-methyl/N-ethyl adjacent to an activating group) is 1. The second kappa shape index (κ2) is 27.7. The Morgan fingerprint density at radius 2 is 1.68 bits per heavy atom. The van der Waals surface area contributed by atoms with Gasteiger partial charge in [0, 0.05) is 65.5 Å². The van der Waals surface area contributed by atoms with E-state index in [0.717, 1.165) is 16.0 Å². The largest absolute Gasteiger partial charge is 0.496 e. The van der Waals surface area contributed by atoms with Gasteiger partial charge >= 0.3 is 30.1 Å². The summed E-state index contributed by atoms with van der Waals surface area (Å²) < 4.78 is 46.4. The summed E-state index contributed by atoms with van der Waals surface area (Å²) in [4.78, 5) is 126. The van der Waals surface area contributed by atoms with E-state index in [0.29, 0.717) is 54.2 Å². The number of hydroxylamine groups is 2. The van der Waals surface area contributed by atoms with Gasteiger partial charge in [-0.3, -0.25) is 29.3 Å². The fraction of sp³-hybridized carbons (Fsp3) is 0.632. The third kappa shape index (κ3) is 16.2. The van der Waals surface area contributed by atoms with E-state index in [2.05, 4.69) is 5.32 Å². The van der Waals surface area contributed by atoms with Crippen LogP contribution in [0.2, 0.25) is 0 Å². The lowest BCUT2D eigenvalue weighted by molar-refractivity contribution is -0.201. The summed E-state index contributed by atoms with van der Waals surface area (Å²) in [5.41, 5.74) is -0.165. The normalized spacial score (nSPS) is 29.1. The standard InChI is InChI=1S/C57H79N5O19/c1-33-15-12-20-44(74-11)57(72)31-43(78-54(70)58-57)36(4)51-56(6,80-51)45(30-49(66)61(9)41-28-38(27-33)29-42(73-10)35(41)3)79-53(69)37(5)60(8)46(63)24-26-75-52(68)34(2)23-25-59(7)55(71)77-40-18-13-16-39(17-14-19-40)76-32-50(67)81-62-47(64)21-22-48(62)65/h12-13,15,18,20,28-29,34,36-37,39-40,43-45,51,72H,14,16-17,19,21-27,30-32H2,1-11H3,(H,58,70)/b18-13+,20-12+,33-15+/t34?,36-,37+,39?,40?,43+,44?,45+,51+,56+,57?/m1/s1. The summed E-state index contributed by atoms with van der Waals surface area (Å²) in [7, 11) is 7.51. The quantitative estimate of drug-likeness (QED) is 0.0703. The number of carbonyl (C=O) groups is 9. The number of alkyl carbamates (subject to hydrolysis) is 1. The van der Waals surface area contributed by atoms with E-state index in [4.69, 9.17) is 42.7 Å². The molecule has 6 rings (SSSR count). The zero-order valence-corrected chi connectivity index (χ0v) is 48.2. The monoisotopic (exact) mass is 1140 g/mol. The van der Waals surface area contributed by atoms with E-state index >= 15 is 0 Å².